The number of hydrogen-bond donors (Lipinski definition) is 1. The Hall–Kier alpha value is -4.04. The first kappa shape index (κ1) is 19.9. The number of aliphatic hydroxyl groups excluding tert-OH is 1. The standard InChI is InChI=1S/C24H19FN4O3/c1-29-13-26-28-23(29)19-11-17(25)6-7-18(19)15-4-3-5-16(10-15)24-27-20-8-14(12-30)9-21(31-2)22(20)32-24/h3-11,13,30H,12H2,1-2H3. The highest BCUT2D eigenvalue weighted by Gasteiger charge is 2.17. The summed E-state index contributed by atoms with van der Waals surface area (Å²) in [7, 11) is 3.36. The molecule has 0 aliphatic heterocycles. The Morgan fingerprint density at radius 1 is 1.06 bits per heavy atom. The van der Waals surface area contributed by atoms with Crippen molar-refractivity contribution in [2.24, 2.45) is 7.05 Å². The predicted octanol–water partition coefficient (Wildman–Crippen LogP) is 4.60. The van der Waals surface area contributed by atoms with Crippen LogP contribution in [0.5, 0.6) is 5.75 Å². The number of aliphatic hydroxyl groups is 1. The van der Waals surface area contributed by atoms with E-state index in [0.717, 1.165) is 16.7 Å². The number of benzene rings is 3. The van der Waals surface area contributed by atoms with Crippen molar-refractivity contribution in [3.05, 3.63) is 72.3 Å². The van der Waals surface area contributed by atoms with Crippen LogP contribution in [0.15, 0.2) is 65.3 Å². The van der Waals surface area contributed by atoms with Crippen molar-refractivity contribution in [2.45, 2.75) is 6.61 Å². The molecule has 2 aromatic heterocycles. The fourth-order valence-electron chi connectivity index (χ4n) is 3.72. The minimum absolute atomic E-state index is 0.126. The van der Waals surface area contributed by atoms with Crippen LogP contribution in [-0.2, 0) is 13.7 Å². The number of halogens is 1. The Balaban J connectivity index is 1.64. The van der Waals surface area contributed by atoms with Crippen LogP contribution in [0.4, 0.5) is 4.39 Å². The van der Waals surface area contributed by atoms with Crippen LogP contribution in [0.3, 0.4) is 0 Å². The molecular formula is C24H19FN4O3. The molecule has 1 N–H and O–H groups in total. The van der Waals surface area contributed by atoms with Crippen LogP contribution >= 0.6 is 0 Å². The normalized spacial score (nSPS) is 11.2. The van der Waals surface area contributed by atoms with Gasteiger partial charge in [-0.2, -0.15) is 0 Å². The SMILES string of the molecule is COc1cc(CO)cc2nc(-c3cccc(-c4ccc(F)cc4-c4nncn4C)c3)oc12. The number of hydrogen-bond acceptors (Lipinski definition) is 6. The summed E-state index contributed by atoms with van der Waals surface area (Å²) < 4.78 is 27.2. The topological polar surface area (TPSA) is 86.2 Å². The maximum atomic E-state index is 14.1. The molecule has 3 aromatic carbocycles. The average molecular weight is 430 g/mol. The molecule has 0 fully saturated rings. The lowest BCUT2D eigenvalue weighted by Gasteiger charge is -2.10. The summed E-state index contributed by atoms with van der Waals surface area (Å²) >= 11 is 0. The zero-order valence-corrected chi connectivity index (χ0v) is 17.4. The third-order valence-electron chi connectivity index (χ3n) is 5.27. The summed E-state index contributed by atoms with van der Waals surface area (Å²) in [6, 6.07) is 15.7. The zero-order chi connectivity index (χ0) is 22.2. The van der Waals surface area contributed by atoms with Gasteiger partial charge in [0.1, 0.15) is 17.7 Å². The van der Waals surface area contributed by atoms with Gasteiger partial charge in [0.15, 0.2) is 17.2 Å². The maximum absolute atomic E-state index is 14.1. The summed E-state index contributed by atoms with van der Waals surface area (Å²) in [5.74, 6) is 1.13. The van der Waals surface area contributed by atoms with Crippen molar-refractivity contribution in [1.29, 1.82) is 0 Å². The summed E-state index contributed by atoms with van der Waals surface area (Å²) in [6.45, 7) is -0.126. The summed E-state index contributed by atoms with van der Waals surface area (Å²) in [5, 5.41) is 17.6. The van der Waals surface area contributed by atoms with Gasteiger partial charge in [-0.05, 0) is 53.1 Å². The highest BCUT2D eigenvalue weighted by Crippen LogP contribution is 2.36. The zero-order valence-electron chi connectivity index (χ0n) is 17.4. The summed E-state index contributed by atoms with van der Waals surface area (Å²) in [6.07, 6.45) is 1.58. The molecule has 5 aromatic rings. The lowest BCUT2D eigenvalue weighted by molar-refractivity contribution is 0.281. The molecule has 0 saturated carbocycles. The first-order valence-electron chi connectivity index (χ1n) is 9.90. The number of fused-ring (bicyclic) bond motifs is 1. The van der Waals surface area contributed by atoms with Crippen molar-refractivity contribution >= 4 is 11.1 Å². The molecule has 7 nitrogen and oxygen atoms in total. The fraction of sp³-hybridized carbons (Fsp3) is 0.125. The molecular weight excluding hydrogens is 411 g/mol. The highest BCUT2D eigenvalue weighted by molar-refractivity contribution is 5.85. The molecule has 2 heterocycles. The Morgan fingerprint density at radius 3 is 2.66 bits per heavy atom. The third kappa shape index (κ3) is 3.40. The monoisotopic (exact) mass is 430 g/mol. The molecule has 0 saturated heterocycles. The van der Waals surface area contributed by atoms with E-state index < -0.39 is 0 Å². The second-order valence-corrected chi connectivity index (χ2v) is 7.36. The number of oxazole rings is 1. The second kappa shape index (κ2) is 7.90. The van der Waals surface area contributed by atoms with Crippen LogP contribution in [-0.4, -0.2) is 32.0 Å². The van der Waals surface area contributed by atoms with E-state index in [9.17, 15) is 9.50 Å². The van der Waals surface area contributed by atoms with Gasteiger partial charge in [0.2, 0.25) is 5.89 Å². The van der Waals surface area contributed by atoms with Crippen LogP contribution in [0, 0.1) is 5.82 Å². The van der Waals surface area contributed by atoms with Crippen LogP contribution in [0.25, 0.3) is 45.1 Å². The Labute approximate surface area is 182 Å². The van der Waals surface area contributed by atoms with E-state index in [0.29, 0.717) is 39.7 Å². The summed E-state index contributed by atoms with van der Waals surface area (Å²) in [5.41, 5.74) is 4.82. The minimum atomic E-state index is -0.353. The van der Waals surface area contributed by atoms with E-state index in [4.69, 9.17) is 9.15 Å². The van der Waals surface area contributed by atoms with Gasteiger partial charge in [0.25, 0.3) is 0 Å². The van der Waals surface area contributed by atoms with Crippen molar-refractivity contribution in [3.63, 3.8) is 0 Å². The summed E-state index contributed by atoms with van der Waals surface area (Å²) in [4.78, 5) is 4.59. The van der Waals surface area contributed by atoms with Crippen molar-refractivity contribution in [2.75, 3.05) is 7.11 Å². The number of rotatable bonds is 5. The third-order valence-corrected chi connectivity index (χ3v) is 5.27. The van der Waals surface area contributed by atoms with E-state index in [2.05, 4.69) is 15.2 Å². The smallest absolute Gasteiger partial charge is 0.227 e. The van der Waals surface area contributed by atoms with Gasteiger partial charge in [0, 0.05) is 18.2 Å². The van der Waals surface area contributed by atoms with E-state index in [1.807, 2.05) is 31.3 Å². The van der Waals surface area contributed by atoms with E-state index >= 15 is 0 Å². The van der Waals surface area contributed by atoms with E-state index in [1.165, 1.54) is 12.1 Å². The molecule has 0 amide bonds. The number of methoxy groups -OCH3 is 1. The van der Waals surface area contributed by atoms with Gasteiger partial charge in [-0.1, -0.05) is 18.2 Å². The Kier molecular flexibility index (Phi) is 4.91. The number of aromatic nitrogens is 4. The van der Waals surface area contributed by atoms with Crippen LogP contribution in [0.1, 0.15) is 5.56 Å². The van der Waals surface area contributed by atoms with Crippen molar-refractivity contribution < 1.29 is 18.7 Å². The number of aryl methyl sites for hydroxylation is 1. The Bertz CT molecular complexity index is 1440. The minimum Gasteiger partial charge on any atom is -0.493 e. The quantitative estimate of drug-likeness (QED) is 0.439. The first-order chi connectivity index (χ1) is 15.6. The first-order valence-corrected chi connectivity index (χ1v) is 9.90. The number of ether oxygens (including phenoxy) is 1. The average Bonchev–Trinajstić information content (AvgIpc) is 3.44. The molecule has 0 aliphatic carbocycles. The number of nitrogens with zero attached hydrogens (tertiary/aromatic N) is 4. The molecule has 5 rings (SSSR count). The molecule has 0 unspecified atom stereocenters. The largest absolute Gasteiger partial charge is 0.493 e. The van der Waals surface area contributed by atoms with Gasteiger partial charge < -0.3 is 18.8 Å². The lowest BCUT2D eigenvalue weighted by atomic mass is 9.97. The lowest BCUT2D eigenvalue weighted by Crippen LogP contribution is -1.95. The molecule has 0 aliphatic rings. The van der Waals surface area contributed by atoms with Crippen molar-refractivity contribution in [1.82, 2.24) is 19.7 Å². The van der Waals surface area contributed by atoms with Crippen molar-refractivity contribution in [3.8, 4) is 39.7 Å². The van der Waals surface area contributed by atoms with Gasteiger partial charge in [-0.3, -0.25) is 0 Å². The molecule has 0 spiro atoms. The highest BCUT2D eigenvalue weighted by atomic mass is 19.1. The fourth-order valence-corrected chi connectivity index (χ4v) is 3.72. The van der Waals surface area contributed by atoms with E-state index in [-0.39, 0.29) is 12.4 Å². The molecule has 32 heavy (non-hydrogen) atoms. The second-order valence-electron chi connectivity index (χ2n) is 7.36. The molecule has 0 atom stereocenters. The van der Waals surface area contributed by atoms with Gasteiger partial charge in [0.05, 0.1) is 13.7 Å². The van der Waals surface area contributed by atoms with Crippen LogP contribution < -0.4 is 4.74 Å². The van der Waals surface area contributed by atoms with Gasteiger partial charge in [-0.25, -0.2) is 9.37 Å². The maximum Gasteiger partial charge on any atom is 0.227 e. The molecule has 160 valence electrons. The molecule has 0 bridgehead atoms. The van der Waals surface area contributed by atoms with E-state index in [1.54, 1.807) is 36.2 Å². The Morgan fingerprint density at radius 2 is 1.91 bits per heavy atom. The predicted molar refractivity (Wildman–Crippen MR) is 117 cm³/mol. The van der Waals surface area contributed by atoms with Gasteiger partial charge in [-0.15, -0.1) is 10.2 Å². The molecule has 8 heteroatoms. The van der Waals surface area contributed by atoms with Crippen LogP contribution in [0.2, 0.25) is 0 Å². The molecule has 0 radical (unpaired) electrons. The van der Waals surface area contributed by atoms with Gasteiger partial charge >= 0.3 is 0 Å².